The highest BCUT2D eigenvalue weighted by atomic mass is 16.5. The molecule has 2 saturated heterocycles. The van der Waals surface area contributed by atoms with E-state index in [1.807, 2.05) is 48.7 Å². The number of carbonyl (C=O) groups excluding carboxylic acids is 1. The summed E-state index contributed by atoms with van der Waals surface area (Å²) >= 11 is 0. The number of piperidine rings is 1. The number of methoxy groups -OCH3 is 1. The van der Waals surface area contributed by atoms with E-state index in [-0.39, 0.29) is 5.91 Å². The average Bonchev–Trinajstić information content (AvgIpc) is 3.17. The van der Waals surface area contributed by atoms with Gasteiger partial charge in [0.1, 0.15) is 23.6 Å². The van der Waals surface area contributed by atoms with E-state index in [2.05, 4.69) is 44.4 Å². The van der Waals surface area contributed by atoms with Crippen LogP contribution in [-0.4, -0.2) is 54.7 Å². The largest absolute Gasteiger partial charge is 0.497 e. The second-order valence-corrected chi connectivity index (χ2v) is 9.86. The lowest BCUT2D eigenvalue weighted by molar-refractivity contribution is -0.125. The number of likely N-dealkylation sites (tertiary alicyclic amines) is 1. The topological polar surface area (TPSA) is 66.9 Å². The Morgan fingerprint density at radius 1 is 1.08 bits per heavy atom. The smallest absolute Gasteiger partial charge is 0.247 e. The van der Waals surface area contributed by atoms with Gasteiger partial charge in [-0.1, -0.05) is 30.3 Å². The highest BCUT2D eigenvalue weighted by Gasteiger charge is 2.50. The molecule has 6 rings (SSSR count). The summed E-state index contributed by atoms with van der Waals surface area (Å²) in [5.41, 5.74) is 4.87. The number of benzene rings is 2. The summed E-state index contributed by atoms with van der Waals surface area (Å²) in [4.78, 5) is 22.3. The van der Waals surface area contributed by atoms with Crippen molar-refractivity contribution in [3.63, 3.8) is 0 Å². The molecule has 0 unspecified atom stereocenters. The van der Waals surface area contributed by atoms with Crippen LogP contribution < -0.4 is 19.7 Å². The van der Waals surface area contributed by atoms with Crippen LogP contribution in [0.1, 0.15) is 36.1 Å². The van der Waals surface area contributed by atoms with Gasteiger partial charge in [-0.25, -0.2) is 0 Å². The van der Waals surface area contributed by atoms with Gasteiger partial charge in [0.05, 0.1) is 19.5 Å². The molecule has 2 fully saturated rings. The maximum atomic E-state index is 13.0. The third kappa shape index (κ3) is 4.33. The van der Waals surface area contributed by atoms with E-state index < -0.39 is 5.54 Å². The Kier molecular flexibility index (Phi) is 6.30. The first kappa shape index (κ1) is 23.6. The van der Waals surface area contributed by atoms with Crippen molar-refractivity contribution in [3.8, 4) is 11.5 Å². The van der Waals surface area contributed by atoms with E-state index in [9.17, 15) is 4.79 Å². The highest BCUT2D eigenvalue weighted by Crippen LogP contribution is 2.39. The van der Waals surface area contributed by atoms with Crippen LogP contribution in [0, 0.1) is 0 Å². The first-order valence-electron chi connectivity index (χ1n) is 13.0. The number of para-hydroxylation sites is 1. The molecular weight excluding hydrogens is 464 g/mol. The number of carbonyl (C=O) groups is 1. The van der Waals surface area contributed by atoms with Gasteiger partial charge in [-0.2, -0.15) is 0 Å². The molecule has 3 aliphatic heterocycles. The van der Waals surface area contributed by atoms with Crippen molar-refractivity contribution >= 4 is 17.2 Å². The zero-order chi connectivity index (χ0) is 25.2. The normalized spacial score (nSPS) is 19.6. The Bertz CT molecular complexity index is 1320. The number of nitrogens with one attached hydrogen (secondary N) is 1. The second kappa shape index (κ2) is 9.90. The lowest BCUT2D eigenvalue weighted by Gasteiger charge is -2.43. The Labute approximate surface area is 217 Å². The maximum Gasteiger partial charge on any atom is 0.247 e. The maximum absolute atomic E-state index is 13.0. The van der Waals surface area contributed by atoms with E-state index in [4.69, 9.17) is 9.47 Å². The van der Waals surface area contributed by atoms with E-state index in [1.54, 1.807) is 7.11 Å². The molecule has 0 saturated carbocycles. The zero-order valence-corrected chi connectivity index (χ0v) is 21.2. The number of fused-ring (bicyclic) bond motifs is 2. The molecule has 0 aliphatic carbocycles. The molecule has 190 valence electrons. The van der Waals surface area contributed by atoms with Crippen LogP contribution >= 0.6 is 0 Å². The van der Waals surface area contributed by atoms with Gasteiger partial charge in [0, 0.05) is 42.6 Å². The summed E-state index contributed by atoms with van der Waals surface area (Å²) in [6, 6.07) is 20.3. The molecule has 7 heteroatoms. The van der Waals surface area contributed by atoms with Crippen LogP contribution in [-0.2, 0) is 11.4 Å². The lowest BCUT2D eigenvalue weighted by atomic mass is 9.85. The standard InChI is InChI=1S/C30H32N4O3/c1-36-23-11-12-28-26(19-23)24(25-9-5-15-31-27(25)20-37-28)10-6-16-33-17-13-30(14-18-33)29(35)32-21-34(30)22-7-3-2-4-8-22/h2-5,7-12,15,19H,6,13-14,16-18,20-21H2,1H3,(H,32,35)/b24-10+. The fourth-order valence-corrected chi connectivity index (χ4v) is 5.85. The van der Waals surface area contributed by atoms with Gasteiger partial charge < -0.3 is 24.6 Å². The van der Waals surface area contributed by atoms with Crippen molar-refractivity contribution in [3.05, 3.63) is 89.8 Å². The summed E-state index contributed by atoms with van der Waals surface area (Å²) in [6.45, 7) is 3.74. The Morgan fingerprint density at radius 3 is 2.73 bits per heavy atom. The van der Waals surface area contributed by atoms with Crippen molar-refractivity contribution in [1.82, 2.24) is 15.2 Å². The van der Waals surface area contributed by atoms with Crippen molar-refractivity contribution in [2.45, 2.75) is 31.4 Å². The van der Waals surface area contributed by atoms with E-state index >= 15 is 0 Å². The van der Waals surface area contributed by atoms with Gasteiger partial charge in [-0.05, 0) is 61.2 Å². The monoisotopic (exact) mass is 496 g/mol. The molecule has 0 radical (unpaired) electrons. The van der Waals surface area contributed by atoms with E-state index in [1.165, 1.54) is 0 Å². The summed E-state index contributed by atoms with van der Waals surface area (Å²) in [7, 11) is 1.69. The summed E-state index contributed by atoms with van der Waals surface area (Å²) < 4.78 is 11.6. The minimum absolute atomic E-state index is 0.159. The lowest BCUT2D eigenvalue weighted by Crippen LogP contribution is -2.56. The third-order valence-corrected chi connectivity index (χ3v) is 7.90. The second-order valence-electron chi connectivity index (χ2n) is 9.86. The molecule has 37 heavy (non-hydrogen) atoms. The van der Waals surface area contributed by atoms with Crippen LogP contribution in [0.5, 0.6) is 11.5 Å². The first-order valence-corrected chi connectivity index (χ1v) is 13.0. The van der Waals surface area contributed by atoms with Crippen molar-refractivity contribution in [2.75, 3.05) is 38.3 Å². The van der Waals surface area contributed by atoms with Crippen LogP contribution in [0.3, 0.4) is 0 Å². The average molecular weight is 497 g/mol. The molecule has 7 nitrogen and oxygen atoms in total. The number of ether oxygens (including phenoxy) is 2. The van der Waals surface area contributed by atoms with E-state index in [0.717, 1.165) is 78.5 Å². The Morgan fingerprint density at radius 2 is 1.92 bits per heavy atom. The fraction of sp³-hybridized carbons (Fsp3) is 0.333. The molecule has 3 aromatic rings. The predicted molar refractivity (Wildman–Crippen MR) is 144 cm³/mol. The molecular formula is C30H32N4O3. The van der Waals surface area contributed by atoms with Gasteiger partial charge >= 0.3 is 0 Å². The molecule has 4 heterocycles. The summed E-state index contributed by atoms with van der Waals surface area (Å²) in [6.07, 6.45) is 6.66. The van der Waals surface area contributed by atoms with Gasteiger partial charge in [0.2, 0.25) is 5.91 Å². The molecule has 0 atom stereocenters. The van der Waals surface area contributed by atoms with Crippen LogP contribution in [0.4, 0.5) is 5.69 Å². The molecule has 1 amide bonds. The Hall–Kier alpha value is -3.84. The number of hydrogen-bond donors (Lipinski definition) is 1. The number of rotatable bonds is 5. The minimum Gasteiger partial charge on any atom is -0.497 e. The van der Waals surface area contributed by atoms with Gasteiger partial charge in [0.15, 0.2) is 0 Å². The van der Waals surface area contributed by atoms with Crippen molar-refractivity contribution < 1.29 is 14.3 Å². The molecule has 2 aromatic carbocycles. The summed E-state index contributed by atoms with van der Waals surface area (Å²) in [5.74, 6) is 1.81. The van der Waals surface area contributed by atoms with Gasteiger partial charge in [0.25, 0.3) is 0 Å². The van der Waals surface area contributed by atoms with Crippen molar-refractivity contribution in [2.24, 2.45) is 0 Å². The predicted octanol–water partition coefficient (Wildman–Crippen LogP) is 4.23. The van der Waals surface area contributed by atoms with Crippen LogP contribution in [0.15, 0.2) is 72.9 Å². The van der Waals surface area contributed by atoms with E-state index in [0.29, 0.717) is 13.3 Å². The third-order valence-electron chi connectivity index (χ3n) is 7.90. The molecule has 0 bridgehead atoms. The van der Waals surface area contributed by atoms with Gasteiger partial charge in [-0.3, -0.25) is 9.78 Å². The number of anilines is 1. The minimum atomic E-state index is -0.449. The molecule has 1 spiro atoms. The number of pyridine rings is 1. The number of aromatic nitrogens is 1. The molecule has 1 N–H and O–H groups in total. The zero-order valence-electron chi connectivity index (χ0n) is 21.2. The number of amides is 1. The van der Waals surface area contributed by atoms with Gasteiger partial charge in [-0.15, -0.1) is 0 Å². The number of nitrogens with zero attached hydrogens (tertiary/aromatic N) is 3. The van der Waals surface area contributed by atoms with Crippen LogP contribution in [0.25, 0.3) is 5.57 Å². The highest BCUT2D eigenvalue weighted by molar-refractivity contribution is 5.93. The molecule has 3 aliphatic rings. The Balaban J connectivity index is 1.19. The summed E-state index contributed by atoms with van der Waals surface area (Å²) in [5, 5.41) is 3.09. The number of hydrogen-bond acceptors (Lipinski definition) is 6. The first-order chi connectivity index (χ1) is 18.2. The molecule has 1 aromatic heterocycles. The quantitative estimate of drug-likeness (QED) is 0.570. The fourth-order valence-electron chi connectivity index (χ4n) is 5.85. The SMILES string of the molecule is COc1ccc2c(c1)/C(=C/CCN1CCC3(CC1)C(=O)NCN3c1ccccc1)c1cccnc1CO2. The van der Waals surface area contributed by atoms with Crippen LogP contribution in [0.2, 0.25) is 0 Å². The van der Waals surface area contributed by atoms with Crippen molar-refractivity contribution in [1.29, 1.82) is 0 Å².